The van der Waals surface area contributed by atoms with Crippen LogP contribution in [0.25, 0.3) is 0 Å². The van der Waals surface area contributed by atoms with Crippen molar-refractivity contribution >= 4 is 39.8 Å². The van der Waals surface area contributed by atoms with Gasteiger partial charge in [0.2, 0.25) is 5.13 Å². The molecule has 3 rings (SSSR count). The first-order chi connectivity index (χ1) is 12.1. The molecule has 3 aromatic rings. The van der Waals surface area contributed by atoms with E-state index in [-0.39, 0.29) is 17.4 Å². The molecular formula is C16H12ClFN4O2S. The van der Waals surface area contributed by atoms with Crippen molar-refractivity contribution in [2.45, 2.75) is 6.61 Å². The summed E-state index contributed by atoms with van der Waals surface area (Å²) in [6, 6.07) is 12.3. The smallest absolute Gasteiger partial charge is 0.325 e. The van der Waals surface area contributed by atoms with Gasteiger partial charge >= 0.3 is 6.03 Å². The molecule has 0 aliphatic rings. The minimum Gasteiger partial charge on any atom is -0.485 e. The lowest BCUT2D eigenvalue weighted by atomic mass is 10.3. The van der Waals surface area contributed by atoms with Gasteiger partial charge in [0.15, 0.2) is 5.01 Å². The lowest BCUT2D eigenvalue weighted by Crippen LogP contribution is -2.19. The first-order valence-corrected chi connectivity index (χ1v) is 8.33. The Hall–Kier alpha value is -2.71. The fraction of sp³-hybridized carbons (Fsp3) is 0.0625. The van der Waals surface area contributed by atoms with Gasteiger partial charge in [-0.3, -0.25) is 5.32 Å². The molecule has 0 bridgehead atoms. The van der Waals surface area contributed by atoms with Gasteiger partial charge in [0, 0.05) is 0 Å². The van der Waals surface area contributed by atoms with Gasteiger partial charge < -0.3 is 10.1 Å². The summed E-state index contributed by atoms with van der Waals surface area (Å²) in [5.41, 5.74) is 0.0757. The number of carbonyl (C=O) groups is 1. The number of halogens is 2. The number of rotatable bonds is 5. The van der Waals surface area contributed by atoms with Gasteiger partial charge in [0.25, 0.3) is 0 Å². The monoisotopic (exact) mass is 378 g/mol. The highest BCUT2D eigenvalue weighted by Crippen LogP contribution is 2.25. The van der Waals surface area contributed by atoms with Crippen LogP contribution in [0.3, 0.4) is 0 Å². The van der Waals surface area contributed by atoms with Crippen LogP contribution in [0.15, 0.2) is 48.5 Å². The third kappa shape index (κ3) is 4.65. The highest BCUT2D eigenvalue weighted by Gasteiger charge is 2.11. The maximum Gasteiger partial charge on any atom is 0.325 e. The second-order valence-electron chi connectivity index (χ2n) is 4.78. The standard InChI is InChI=1S/C16H12ClFN4O2S/c17-10-5-1-4-8-13(10)24-9-14-21-22-16(25-14)20-15(23)19-12-7-3-2-6-11(12)18/h1-8H,9H2,(H2,19,20,22,23). The number of nitrogens with zero attached hydrogens (tertiary/aromatic N) is 2. The van der Waals surface area contributed by atoms with E-state index in [9.17, 15) is 9.18 Å². The molecule has 0 aliphatic carbocycles. The van der Waals surface area contributed by atoms with Crippen LogP contribution in [0, 0.1) is 5.82 Å². The zero-order chi connectivity index (χ0) is 17.6. The number of carbonyl (C=O) groups excluding carboxylic acids is 1. The van der Waals surface area contributed by atoms with E-state index in [0.29, 0.717) is 15.8 Å². The number of hydrogen-bond acceptors (Lipinski definition) is 5. The SMILES string of the molecule is O=C(Nc1nnc(COc2ccccc2Cl)s1)Nc1ccccc1F. The normalized spacial score (nSPS) is 10.3. The molecule has 0 spiro atoms. The summed E-state index contributed by atoms with van der Waals surface area (Å²) in [5, 5.41) is 14.0. The Morgan fingerprint density at radius 1 is 1.12 bits per heavy atom. The Kier molecular flexibility index (Phi) is 5.42. The van der Waals surface area contributed by atoms with Crippen LogP contribution in [-0.4, -0.2) is 16.2 Å². The molecule has 0 aliphatic heterocycles. The van der Waals surface area contributed by atoms with Gasteiger partial charge in [-0.15, -0.1) is 10.2 Å². The molecule has 2 N–H and O–H groups in total. The highest BCUT2D eigenvalue weighted by atomic mass is 35.5. The van der Waals surface area contributed by atoms with Crippen molar-refractivity contribution in [3.63, 3.8) is 0 Å². The molecule has 1 aromatic heterocycles. The van der Waals surface area contributed by atoms with Crippen molar-refractivity contribution in [2.24, 2.45) is 0 Å². The molecule has 0 saturated carbocycles. The fourth-order valence-corrected chi connectivity index (χ4v) is 2.72. The quantitative estimate of drug-likeness (QED) is 0.682. The van der Waals surface area contributed by atoms with Crippen molar-refractivity contribution in [1.82, 2.24) is 10.2 Å². The van der Waals surface area contributed by atoms with Crippen LogP contribution in [0.1, 0.15) is 5.01 Å². The minimum absolute atomic E-state index is 0.0757. The molecule has 9 heteroatoms. The fourth-order valence-electron chi connectivity index (χ4n) is 1.88. The number of ether oxygens (including phenoxy) is 1. The van der Waals surface area contributed by atoms with Gasteiger partial charge in [-0.25, -0.2) is 9.18 Å². The Bertz CT molecular complexity index is 890. The van der Waals surface area contributed by atoms with Crippen LogP contribution < -0.4 is 15.4 Å². The van der Waals surface area contributed by atoms with Crippen LogP contribution in [-0.2, 0) is 6.61 Å². The van der Waals surface area contributed by atoms with Crippen LogP contribution in [0.4, 0.5) is 20.0 Å². The zero-order valence-corrected chi connectivity index (χ0v) is 14.3. The third-order valence-electron chi connectivity index (χ3n) is 3.00. The molecule has 0 atom stereocenters. The molecule has 0 unspecified atom stereocenters. The van der Waals surface area contributed by atoms with Crippen molar-refractivity contribution in [2.75, 3.05) is 10.6 Å². The average Bonchev–Trinajstić information content (AvgIpc) is 3.03. The number of hydrogen-bond donors (Lipinski definition) is 2. The largest absolute Gasteiger partial charge is 0.485 e. The molecule has 128 valence electrons. The van der Waals surface area contributed by atoms with E-state index in [2.05, 4.69) is 20.8 Å². The number of amides is 2. The van der Waals surface area contributed by atoms with E-state index in [4.69, 9.17) is 16.3 Å². The second kappa shape index (κ2) is 7.91. The summed E-state index contributed by atoms with van der Waals surface area (Å²) < 4.78 is 19.0. The molecule has 0 fully saturated rings. The molecule has 0 radical (unpaired) electrons. The first-order valence-electron chi connectivity index (χ1n) is 7.14. The molecule has 0 saturated heterocycles. The predicted molar refractivity (Wildman–Crippen MR) is 94.7 cm³/mol. The zero-order valence-electron chi connectivity index (χ0n) is 12.7. The van der Waals surface area contributed by atoms with E-state index in [0.717, 1.165) is 11.3 Å². The molecular weight excluding hydrogens is 367 g/mol. The number of benzene rings is 2. The number of anilines is 2. The van der Waals surface area contributed by atoms with E-state index in [1.54, 1.807) is 30.3 Å². The van der Waals surface area contributed by atoms with E-state index < -0.39 is 11.8 Å². The first kappa shape index (κ1) is 17.1. The van der Waals surface area contributed by atoms with E-state index in [1.165, 1.54) is 18.2 Å². The number of urea groups is 1. The summed E-state index contributed by atoms with van der Waals surface area (Å²) in [6.45, 7) is 0.165. The van der Waals surface area contributed by atoms with Crippen molar-refractivity contribution in [3.8, 4) is 5.75 Å². The lowest BCUT2D eigenvalue weighted by Gasteiger charge is -2.05. The highest BCUT2D eigenvalue weighted by molar-refractivity contribution is 7.15. The third-order valence-corrected chi connectivity index (χ3v) is 4.12. The van der Waals surface area contributed by atoms with E-state index >= 15 is 0 Å². The van der Waals surface area contributed by atoms with Crippen molar-refractivity contribution in [3.05, 3.63) is 64.4 Å². The summed E-state index contributed by atoms with van der Waals surface area (Å²) in [5.74, 6) is 0.00918. The van der Waals surface area contributed by atoms with Gasteiger partial charge in [-0.2, -0.15) is 0 Å². The topological polar surface area (TPSA) is 76.1 Å². The summed E-state index contributed by atoms with van der Waals surface area (Å²) >= 11 is 7.15. The van der Waals surface area contributed by atoms with Gasteiger partial charge in [0.1, 0.15) is 18.2 Å². The molecule has 25 heavy (non-hydrogen) atoms. The Labute approximate surface area is 151 Å². The summed E-state index contributed by atoms with van der Waals surface area (Å²) in [4.78, 5) is 11.9. The van der Waals surface area contributed by atoms with Gasteiger partial charge in [-0.05, 0) is 24.3 Å². The molecule has 2 aromatic carbocycles. The lowest BCUT2D eigenvalue weighted by molar-refractivity contribution is 0.262. The van der Waals surface area contributed by atoms with Crippen LogP contribution >= 0.6 is 22.9 Å². The van der Waals surface area contributed by atoms with Crippen molar-refractivity contribution in [1.29, 1.82) is 0 Å². The van der Waals surface area contributed by atoms with Crippen molar-refractivity contribution < 1.29 is 13.9 Å². The summed E-state index contributed by atoms with van der Waals surface area (Å²) in [6.07, 6.45) is 0. The number of para-hydroxylation sites is 2. The van der Waals surface area contributed by atoms with Crippen LogP contribution in [0.5, 0.6) is 5.75 Å². The molecule has 1 heterocycles. The van der Waals surface area contributed by atoms with E-state index in [1.807, 2.05) is 0 Å². The molecule has 6 nitrogen and oxygen atoms in total. The Morgan fingerprint density at radius 3 is 2.68 bits per heavy atom. The number of nitrogens with one attached hydrogen (secondary N) is 2. The summed E-state index contributed by atoms with van der Waals surface area (Å²) in [7, 11) is 0. The maximum atomic E-state index is 13.5. The van der Waals surface area contributed by atoms with Gasteiger partial charge in [-0.1, -0.05) is 47.2 Å². The molecule has 2 amide bonds. The van der Waals surface area contributed by atoms with Crippen LogP contribution in [0.2, 0.25) is 5.02 Å². The van der Waals surface area contributed by atoms with Gasteiger partial charge in [0.05, 0.1) is 10.7 Å². The Morgan fingerprint density at radius 2 is 1.88 bits per heavy atom. The Balaban J connectivity index is 1.55. The average molecular weight is 379 g/mol. The second-order valence-corrected chi connectivity index (χ2v) is 6.25. The maximum absolute atomic E-state index is 13.5. The predicted octanol–water partition coefficient (Wildman–Crippen LogP) is 4.55. The number of aromatic nitrogens is 2. The minimum atomic E-state index is -0.611.